The lowest BCUT2D eigenvalue weighted by Crippen LogP contribution is -2.55. The summed E-state index contributed by atoms with van der Waals surface area (Å²) in [4.78, 5) is 42.7. The van der Waals surface area contributed by atoms with E-state index in [1.807, 2.05) is 23.1 Å². The number of piperidine rings is 2. The van der Waals surface area contributed by atoms with Gasteiger partial charge < -0.3 is 20.4 Å². The number of halogens is 1. The number of amides is 4. The molecule has 0 spiro atoms. The number of anilines is 1. The van der Waals surface area contributed by atoms with Gasteiger partial charge in [0.1, 0.15) is 6.04 Å². The summed E-state index contributed by atoms with van der Waals surface area (Å²) in [5, 5.41) is 6.47. The van der Waals surface area contributed by atoms with Crippen LogP contribution in [0.5, 0.6) is 0 Å². The molecular weight excluding hydrogens is 452 g/mol. The lowest BCUT2D eigenvalue weighted by atomic mass is 9.88. The zero-order valence-corrected chi connectivity index (χ0v) is 20.0. The molecule has 0 bridgehead atoms. The fourth-order valence-electron chi connectivity index (χ4n) is 4.71. The van der Waals surface area contributed by atoms with Crippen LogP contribution in [0.15, 0.2) is 54.6 Å². The zero-order valence-electron chi connectivity index (χ0n) is 19.2. The third-order valence-corrected chi connectivity index (χ3v) is 6.87. The van der Waals surface area contributed by atoms with Gasteiger partial charge in [0, 0.05) is 42.5 Å². The smallest absolute Gasteiger partial charge is 0.321 e. The Labute approximate surface area is 205 Å². The Kier molecular flexibility index (Phi) is 8.06. The minimum absolute atomic E-state index is 0.00851. The highest BCUT2D eigenvalue weighted by Crippen LogP contribution is 2.25. The summed E-state index contributed by atoms with van der Waals surface area (Å²) in [6, 6.07) is 15.3. The largest absolute Gasteiger partial charge is 0.341 e. The van der Waals surface area contributed by atoms with Crippen LogP contribution in [0, 0.1) is 5.92 Å². The van der Waals surface area contributed by atoms with Crippen LogP contribution in [0.4, 0.5) is 10.5 Å². The molecular formula is C26H31ClN4O3. The SMILES string of the molecule is O=C(N[C@H](C(=O)N1CCCCC1)C1CCN(C(=O)Nc2cccc(Cl)c2)CC1)c1ccccc1. The first-order chi connectivity index (χ1) is 16.5. The molecule has 2 aliphatic rings. The van der Waals surface area contributed by atoms with Crippen LogP contribution in [-0.4, -0.2) is 59.9 Å². The van der Waals surface area contributed by atoms with Crippen molar-refractivity contribution < 1.29 is 14.4 Å². The van der Waals surface area contributed by atoms with E-state index in [-0.39, 0.29) is 23.8 Å². The first-order valence-corrected chi connectivity index (χ1v) is 12.4. The van der Waals surface area contributed by atoms with E-state index in [1.165, 1.54) is 0 Å². The van der Waals surface area contributed by atoms with E-state index in [0.29, 0.717) is 42.2 Å². The maximum Gasteiger partial charge on any atom is 0.321 e. The normalized spacial score (nSPS) is 17.7. The van der Waals surface area contributed by atoms with Crippen molar-refractivity contribution in [3.8, 4) is 0 Å². The van der Waals surface area contributed by atoms with Crippen LogP contribution < -0.4 is 10.6 Å². The molecule has 2 heterocycles. The van der Waals surface area contributed by atoms with E-state index in [2.05, 4.69) is 10.6 Å². The molecule has 2 aliphatic heterocycles. The van der Waals surface area contributed by atoms with Crippen LogP contribution in [0.2, 0.25) is 5.02 Å². The number of likely N-dealkylation sites (tertiary alicyclic amines) is 2. The van der Waals surface area contributed by atoms with Gasteiger partial charge in [-0.25, -0.2) is 4.79 Å². The molecule has 4 rings (SSSR count). The molecule has 2 saturated heterocycles. The second kappa shape index (κ2) is 11.4. The number of urea groups is 1. The van der Waals surface area contributed by atoms with Crippen LogP contribution in [0.3, 0.4) is 0 Å². The van der Waals surface area contributed by atoms with Gasteiger partial charge in [-0.1, -0.05) is 35.9 Å². The third kappa shape index (κ3) is 6.08. The van der Waals surface area contributed by atoms with Gasteiger partial charge in [0.2, 0.25) is 5.91 Å². The summed E-state index contributed by atoms with van der Waals surface area (Å²) >= 11 is 6.01. The monoisotopic (exact) mass is 482 g/mol. The molecule has 0 radical (unpaired) electrons. The fourth-order valence-corrected chi connectivity index (χ4v) is 4.90. The van der Waals surface area contributed by atoms with Crippen molar-refractivity contribution in [1.29, 1.82) is 0 Å². The molecule has 0 saturated carbocycles. The molecule has 180 valence electrons. The highest BCUT2D eigenvalue weighted by atomic mass is 35.5. The Morgan fingerprint density at radius 1 is 0.853 bits per heavy atom. The lowest BCUT2D eigenvalue weighted by Gasteiger charge is -2.38. The minimum Gasteiger partial charge on any atom is -0.341 e. The van der Waals surface area contributed by atoms with E-state index < -0.39 is 6.04 Å². The van der Waals surface area contributed by atoms with Gasteiger partial charge in [0.05, 0.1) is 0 Å². The predicted molar refractivity (Wildman–Crippen MR) is 133 cm³/mol. The number of nitrogens with zero attached hydrogens (tertiary/aromatic N) is 2. The zero-order chi connectivity index (χ0) is 23.9. The highest BCUT2D eigenvalue weighted by Gasteiger charge is 2.36. The van der Waals surface area contributed by atoms with Gasteiger partial charge in [-0.15, -0.1) is 0 Å². The van der Waals surface area contributed by atoms with Gasteiger partial charge in [0.25, 0.3) is 5.91 Å². The summed E-state index contributed by atoms with van der Waals surface area (Å²) in [5.41, 5.74) is 1.19. The minimum atomic E-state index is -0.594. The second-order valence-corrected chi connectivity index (χ2v) is 9.40. The molecule has 2 N–H and O–H groups in total. The van der Waals surface area contributed by atoms with E-state index in [0.717, 1.165) is 32.4 Å². The summed E-state index contributed by atoms with van der Waals surface area (Å²) < 4.78 is 0. The van der Waals surface area contributed by atoms with Crippen molar-refractivity contribution in [2.75, 3.05) is 31.5 Å². The average Bonchev–Trinajstić information content (AvgIpc) is 2.88. The Morgan fingerprint density at radius 2 is 1.56 bits per heavy atom. The second-order valence-electron chi connectivity index (χ2n) is 8.97. The third-order valence-electron chi connectivity index (χ3n) is 6.63. The van der Waals surface area contributed by atoms with Gasteiger partial charge in [-0.2, -0.15) is 0 Å². The Balaban J connectivity index is 1.41. The number of nitrogens with one attached hydrogen (secondary N) is 2. The highest BCUT2D eigenvalue weighted by molar-refractivity contribution is 6.30. The number of rotatable bonds is 5. The first-order valence-electron chi connectivity index (χ1n) is 12.0. The molecule has 4 amide bonds. The fraction of sp³-hybridized carbons (Fsp3) is 0.423. The molecule has 2 aromatic carbocycles. The van der Waals surface area contributed by atoms with E-state index in [9.17, 15) is 14.4 Å². The van der Waals surface area contributed by atoms with Crippen LogP contribution >= 0.6 is 11.6 Å². The van der Waals surface area contributed by atoms with Crippen LogP contribution in [-0.2, 0) is 4.79 Å². The number of hydrogen-bond acceptors (Lipinski definition) is 3. The van der Waals surface area contributed by atoms with Crippen LogP contribution in [0.1, 0.15) is 42.5 Å². The van der Waals surface area contributed by atoms with Crippen molar-refractivity contribution in [3.05, 3.63) is 65.2 Å². The van der Waals surface area contributed by atoms with Crippen molar-refractivity contribution in [3.63, 3.8) is 0 Å². The van der Waals surface area contributed by atoms with Gasteiger partial charge in [0.15, 0.2) is 0 Å². The van der Waals surface area contributed by atoms with Gasteiger partial charge >= 0.3 is 6.03 Å². The number of carbonyl (C=O) groups is 3. The predicted octanol–water partition coefficient (Wildman–Crippen LogP) is 4.40. The van der Waals surface area contributed by atoms with Crippen molar-refractivity contribution >= 4 is 35.1 Å². The Hall–Kier alpha value is -3.06. The van der Waals surface area contributed by atoms with Crippen molar-refractivity contribution in [1.82, 2.24) is 15.1 Å². The molecule has 2 aromatic rings. The van der Waals surface area contributed by atoms with E-state index in [1.54, 1.807) is 41.3 Å². The van der Waals surface area contributed by atoms with E-state index >= 15 is 0 Å². The quantitative estimate of drug-likeness (QED) is 0.662. The number of benzene rings is 2. The maximum atomic E-state index is 13.5. The molecule has 0 aromatic heterocycles. The molecule has 0 aliphatic carbocycles. The number of carbonyl (C=O) groups excluding carboxylic acids is 3. The van der Waals surface area contributed by atoms with Gasteiger partial charge in [-0.3, -0.25) is 9.59 Å². The molecule has 2 fully saturated rings. The van der Waals surface area contributed by atoms with Crippen LogP contribution in [0.25, 0.3) is 0 Å². The summed E-state index contributed by atoms with van der Waals surface area (Å²) in [5.74, 6) is -0.278. The summed E-state index contributed by atoms with van der Waals surface area (Å²) in [6.07, 6.45) is 4.40. The Morgan fingerprint density at radius 3 is 2.24 bits per heavy atom. The Bertz CT molecular complexity index is 1000. The number of hydrogen-bond donors (Lipinski definition) is 2. The van der Waals surface area contributed by atoms with Gasteiger partial charge in [-0.05, 0) is 68.4 Å². The summed E-state index contributed by atoms with van der Waals surface area (Å²) in [6.45, 7) is 2.50. The molecule has 7 nitrogen and oxygen atoms in total. The lowest BCUT2D eigenvalue weighted by molar-refractivity contribution is -0.136. The molecule has 34 heavy (non-hydrogen) atoms. The van der Waals surface area contributed by atoms with E-state index in [4.69, 9.17) is 11.6 Å². The molecule has 8 heteroatoms. The molecule has 0 unspecified atom stereocenters. The summed E-state index contributed by atoms with van der Waals surface area (Å²) in [7, 11) is 0. The van der Waals surface area contributed by atoms with Crippen molar-refractivity contribution in [2.24, 2.45) is 5.92 Å². The standard InChI is InChI=1S/C26H31ClN4O3/c27-21-10-7-11-22(18-21)28-26(34)31-16-12-19(13-17-31)23(25(33)30-14-5-2-6-15-30)29-24(32)20-8-3-1-4-9-20/h1,3-4,7-11,18-19,23H,2,5-6,12-17H2,(H,28,34)(H,29,32)/t23-/m0/s1. The van der Waals surface area contributed by atoms with Crippen molar-refractivity contribution in [2.45, 2.75) is 38.1 Å². The maximum absolute atomic E-state index is 13.5. The topological polar surface area (TPSA) is 81.8 Å². The molecule has 1 atom stereocenters. The first kappa shape index (κ1) is 24.1. The average molecular weight is 483 g/mol.